The maximum Gasteiger partial charge on any atom is 0.223 e. The lowest BCUT2D eigenvalue weighted by Gasteiger charge is -2.12. The number of benzene rings is 1. The second-order valence-corrected chi connectivity index (χ2v) is 3.81. The molecule has 1 aromatic rings. The molecule has 0 atom stereocenters. The maximum atomic E-state index is 13.2. The van der Waals surface area contributed by atoms with E-state index >= 15 is 0 Å². The normalized spacial score (nSPS) is 10.3. The summed E-state index contributed by atoms with van der Waals surface area (Å²) < 4.78 is 52.0. The summed E-state index contributed by atoms with van der Waals surface area (Å²) in [6, 6.07) is 0.126. The minimum Gasteiger partial charge on any atom is -0.380 e. The zero-order valence-electron chi connectivity index (χ0n) is 9.86. The molecule has 0 fully saturated rings. The predicted octanol–water partition coefficient (Wildman–Crippen LogP) is 2.13. The molecule has 100 valence electrons. The number of amides is 1. The number of rotatable bonds is 4. The van der Waals surface area contributed by atoms with Gasteiger partial charge in [0.15, 0.2) is 23.3 Å². The number of carbonyl (C=O) groups is 1. The Kier molecular flexibility index (Phi) is 4.52. The summed E-state index contributed by atoms with van der Waals surface area (Å²) in [4.78, 5) is 12.5. The molecular formula is C11H12F4N2O. The first-order chi connectivity index (χ1) is 8.34. The Balaban J connectivity index is 2.76. The monoisotopic (exact) mass is 264 g/mol. The summed E-state index contributed by atoms with van der Waals surface area (Å²) >= 11 is 0. The first-order valence-electron chi connectivity index (χ1n) is 5.11. The number of anilines is 1. The van der Waals surface area contributed by atoms with Crippen molar-refractivity contribution in [3.05, 3.63) is 29.3 Å². The van der Waals surface area contributed by atoms with Crippen LogP contribution in [0, 0.1) is 23.3 Å². The number of carbonyl (C=O) groups excluding carboxylic acids is 1. The van der Waals surface area contributed by atoms with Crippen molar-refractivity contribution in [2.24, 2.45) is 0 Å². The molecule has 18 heavy (non-hydrogen) atoms. The van der Waals surface area contributed by atoms with Gasteiger partial charge in [0.25, 0.3) is 0 Å². The van der Waals surface area contributed by atoms with Gasteiger partial charge in [-0.25, -0.2) is 17.6 Å². The van der Waals surface area contributed by atoms with Gasteiger partial charge in [-0.05, 0) is 0 Å². The molecule has 3 nitrogen and oxygen atoms in total. The third kappa shape index (κ3) is 3.12. The highest BCUT2D eigenvalue weighted by atomic mass is 19.2. The van der Waals surface area contributed by atoms with E-state index in [0.29, 0.717) is 0 Å². The molecule has 0 heterocycles. The maximum absolute atomic E-state index is 13.2. The van der Waals surface area contributed by atoms with Crippen molar-refractivity contribution in [2.75, 3.05) is 26.0 Å². The van der Waals surface area contributed by atoms with Gasteiger partial charge in [-0.2, -0.15) is 0 Å². The second-order valence-electron chi connectivity index (χ2n) is 3.81. The number of nitrogens with zero attached hydrogens (tertiary/aromatic N) is 1. The van der Waals surface area contributed by atoms with Gasteiger partial charge < -0.3 is 10.2 Å². The first kappa shape index (κ1) is 14.3. The quantitative estimate of drug-likeness (QED) is 0.667. The number of hydrogen-bond acceptors (Lipinski definition) is 2. The molecule has 1 aromatic carbocycles. The van der Waals surface area contributed by atoms with E-state index in [4.69, 9.17) is 0 Å². The van der Waals surface area contributed by atoms with Gasteiger partial charge >= 0.3 is 0 Å². The topological polar surface area (TPSA) is 32.3 Å². The van der Waals surface area contributed by atoms with Crippen LogP contribution >= 0.6 is 0 Å². The molecular weight excluding hydrogens is 252 g/mol. The van der Waals surface area contributed by atoms with Gasteiger partial charge in [0.1, 0.15) is 5.69 Å². The summed E-state index contributed by atoms with van der Waals surface area (Å²) in [5.41, 5.74) is -0.904. The second kappa shape index (κ2) is 5.70. The van der Waals surface area contributed by atoms with E-state index in [1.807, 2.05) is 0 Å². The van der Waals surface area contributed by atoms with Crippen LogP contribution in [0.15, 0.2) is 6.07 Å². The average Bonchev–Trinajstić information content (AvgIpc) is 2.30. The van der Waals surface area contributed by atoms with Crippen LogP contribution < -0.4 is 5.32 Å². The molecule has 7 heteroatoms. The molecule has 0 aliphatic carbocycles. The Labute approximate surface area is 101 Å². The molecule has 1 amide bonds. The van der Waals surface area contributed by atoms with Gasteiger partial charge in [0, 0.05) is 33.1 Å². The number of hydrogen-bond donors (Lipinski definition) is 1. The number of halogens is 4. The molecule has 0 aliphatic heterocycles. The van der Waals surface area contributed by atoms with E-state index in [9.17, 15) is 22.4 Å². The van der Waals surface area contributed by atoms with E-state index in [1.54, 1.807) is 0 Å². The summed E-state index contributed by atoms with van der Waals surface area (Å²) in [5.74, 6) is -6.27. The molecule has 0 saturated heterocycles. The molecule has 0 bridgehead atoms. The fourth-order valence-electron chi connectivity index (χ4n) is 1.25. The van der Waals surface area contributed by atoms with Crippen LogP contribution in [0.2, 0.25) is 0 Å². The van der Waals surface area contributed by atoms with Crippen LogP contribution in [0.4, 0.5) is 23.2 Å². The molecule has 1 rings (SSSR count). The van der Waals surface area contributed by atoms with Crippen molar-refractivity contribution in [1.82, 2.24) is 4.90 Å². The van der Waals surface area contributed by atoms with Crippen molar-refractivity contribution in [1.29, 1.82) is 0 Å². The number of nitrogens with one attached hydrogen (secondary N) is 1. The molecule has 0 spiro atoms. The Bertz CT molecular complexity index is 437. The van der Waals surface area contributed by atoms with Crippen LogP contribution in [-0.2, 0) is 4.79 Å². The smallest absolute Gasteiger partial charge is 0.223 e. The van der Waals surface area contributed by atoms with Gasteiger partial charge in [0.2, 0.25) is 5.91 Å². The summed E-state index contributed by atoms with van der Waals surface area (Å²) in [6.07, 6.45) is -0.0516. The van der Waals surface area contributed by atoms with E-state index in [2.05, 4.69) is 5.32 Å². The Morgan fingerprint density at radius 1 is 1.17 bits per heavy atom. The Morgan fingerprint density at radius 3 is 2.11 bits per heavy atom. The molecule has 0 unspecified atom stereocenters. The summed E-state index contributed by atoms with van der Waals surface area (Å²) in [7, 11) is 3.04. The minimum absolute atomic E-state index is 0.0516. The van der Waals surface area contributed by atoms with Crippen LogP contribution in [-0.4, -0.2) is 31.4 Å². The lowest BCUT2D eigenvalue weighted by molar-refractivity contribution is -0.128. The standard InChI is InChI=1S/C11H12F4N2O/c1-17(2)8(18)3-4-16-11-9(14)6(12)5-7(13)10(11)15/h5,16H,3-4H2,1-2H3. The van der Waals surface area contributed by atoms with Gasteiger partial charge in [-0.3, -0.25) is 4.79 Å². The van der Waals surface area contributed by atoms with Crippen LogP contribution in [0.25, 0.3) is 0 Å². The third-order valence-corrected chi connectivity index (χ3v) is 2.25. The van der Waals surface area contributed by atoms with Gasteiger partial charge in [-0.1, -0.05) is 0 Å². The highest BCUT2D eigenvalue weighted by Crippen LogP contribution is 2.23. The molecule has 0 radical (unpaired) electrons. The SMILES string of the molecule is CN(C)C(=O)CCNc1c(F)c(F)cc(F)c1F. The van der Waals surface area contributed by atoms with Crippen LogP contribution in [0.5, 0.6) is 0 Å². The van der Waals surface area contributed by atoms with Crippen LogP contribution in [0.1, 0.15) is 6.42 Å². The lowest BCUT2D eigenvalue weighted by atomic mass is 10.2. The van der Waals surface area contributed by atoms with E-state index < -0.39 is 29.0 Å². The summed E-state index contributed by atoms with van der Waals surface area (Å²) in [5, 5.41) is 2.17. The van der Waals surface area contributed by atoms with Crippen molar-refractivity contribution >= 4 is 11.6 Å². The molecule has 0 saturated carbocycles. The zero-order chi connectivity index (χ0) is 13.9. The van der Waals surface area contributed by atoms with E-state index in [1.165, 1.54) is 19.0 Å². The molecule has 0 aromatic heterocycles. The van der Waals surface area contributed by atoms with E-state index in [-0.39, 0.29) is 24.9 Å². The van der Waals surface area contributed by atoms with Crippen molar-refractivity contribution in [3.8, 4) is 0 Å². The third-order valence-electron chi connectivity index (χ3n) is 2.25. The highest BCUT2D eigenvalue weighted by molar-refractivity contribution is 5.76. The minimum atomic E-state index is -1.51. The van der Waals surface area contributed by atoms with Crippen LogP contribution in [0.3, 0.4) is 0 Å². The zero-order valence-corrected chi connectivity index (χ0v) is 9.86. The first-order valence-corrected chi connectivity index (χ1v) is 5.11. The van der Waals surface area contributed by atoms with Crippen molar-refractivity contribution in [3.63, 3.8) is 0 Å². The predicted molar refractivity (Wildman–Crippen MR) is 58.1 cm³/mol. The highest BCUT2D eigenvalue weighted by Gasteiger charge is 2.18. The molecule has 1 N–H and O–H groups in total. The van der Waals surface area contributed by atoms with Crippen molar-refractivity contribution < 1.29 is 22.4 Å². The van der Waals surface area contributed by atoms with Gasteiger partial charge in [0.05, 0.1) is 0 Å². The molecule has 0 aliphatic rings. The Morgan fingerprint density at radius 2 is 1.67 bits per heavy atom. The summed E-state index contributed by atoms with van der Waals surface area (Å²) in [6.45, 7) is -0.131. The Hall–Kier alpha value is -1.79. The van der Waals surface area contributed by atoms with E-state index in [0.717, 1.165) is 0 Å². The van der Waals surface area contributed by atoms with Gasteiger partial charge in [-0.15, -0.1) is 0 Å². The lowest BCUT2D eigenvalue weighted by Crippen LogP contribution is -2.24. The van der Waals surface area contributed by atoms with Crippen molar-refractivity contribution in [2.45, 2.75) is 6.42 Å². The average molecular weight is 264 g/mol. The fraction of sp³-hybridized carbons (Fsp3) is 0.364. The largest absolute Gasteiger partial charge is 0.380 e. The fourth-order valence-corrected chi connectivity index (χ4v) is 1.25.